The number of rotatable bonds is 3. The SMILES string of the molecule is CC(C)c1nccn1S(=O)(=O)c1ccc(Cl)cc1. The molecule has 0 atom stereocenters. The van der Waals surface area contributed by atoms with Gasteiger partial charge < -0.3 is 0 Å². The fraction of sp³-hybridized carbons (Fsp3) is 0.250. The standard InChI is InChI=1S/C12H13ClN2O2S/c1-9(2)12-14-7-8-15(12)18(16,17)11-5-3-10(13)4-6-11/h3-9H,1-2H3. The molecule has 4 nitrogen and oxygen atoms in total. The van der Waals surface area contributed by atoms with Crippen LogP contribution >= 0.6 is 11.6 Å². The highest BCUT2D eigenvalue weighted by Crippen LogP contribution is 2.21. The lowest BCUT2D eigenvalue weighted by molar-refractivity contribution is 0.581. The van der Waals surface area contributed by atoms with E-state index in [0.717, 1.165) is 0 Å². The first kappa shape index (κ1) is 13.1. The zero-order valence-corrected chi connectivity index (χ0v) is 11.6. The van der Waals surface area contributed by atoms with Gasteiger partial charge in [0.2, 0.25) is 0 Å². The van der Waals surface area contributed by atoms with E-state index in [0.29, 0.717) is 10.8 Å². The van der Waals surface area contributed by atoms with Crippen LogP contribution in [-0.2, 0) is 10.0 Å². The molecule has 0 radical (unpaired) electrons. The highest BCUT2D eigenvalue weighted by Gasteiger charge is 2.21. The largest absolute Gasteiger partial charge is 0.269 e. The van der Waals surface area contributed by atoms with Crippen LogP contribution in [0.2, 0.25) is 5.02 Å². The fourth-order valence-electron chi connectivity index (χ4n) is 1.63. The molecule has 2 aromatic rings. The number of benzene rings is 1. The second kappa shape index (κ2) is 4.74. The third-order valence-corrected chi connectivity index (χ3v) is 4.47. The average Bonchev–Trinajstić information content (AvgIpc) is 2.79. The molecule has 0 aliphatic heterocycles. The number of hydrogen-bond donors (Lipinski definition) is 0. The lowest BCUT2D eigenvalue weighted by Gasteiger charge is -2.11. The van der Waals surface area contributed by atoms with Crippen molar-refractivity contribution < 1.29 is 8.42 Å². The van der Waals surface area contributed by atoms with Crippen LogP contribution < -0.4 is 0 Å². The molecule has 0 spiro atoms. The van der Waals surface area contributed by atoms with Gasteiger partial charge in [0.1, 0.15) is 5.82 Å². The van der Waals surface area contributed by atoms with Crippen LogP contribution in [0.4, 0.5) is 0 Å². The van der Waals surface area contributed by atoms with Crippen LogP contribution in [0.25, 0.3) is 0 Å². The van der Waals surface area contributed by atoms with E-state index >= 15 is 0 Å². The summed E-state index contributed by atoms with van der Waals surface area (Å²) in [5.74, 6) is 0.548. The smallest absolute Gasteiger partial charge is 0.240 e. The molecule has 1 heterocycles. The van der Waals surface area contributed by atoms with Gasteiger partial charge in [-0.3, -0.25) is 0 Å². The maximum Gasteiger partial charge on any atom is 0.269 e. The number of imidazole rings is 1. The van der Waals surface area contributed by atoms with Crippen molar-refractivity contribution >= 4 is 21.6 Å². The maximum atomic E-state index is 12.4. The molecule has 0 saturated heterocycles. The van der Waals surface area contributed by atoms with Crippen LogP contribution in [0.15, 0.2) is 41.6 Å². The minimum Gasteiger partial charge on any atom is -0.240 e. The molecule has 1 aromatic carbocycles. The molecule has 0 bridgehead atoms. The molecule has 0 aliphatic rings. The summed E-state index contributed by atoms with van der Waals surface area (Å²) in [6.07, 6.45) is 2.95. The summed E-state index contributed by atoms with van der Waals surface area (Å²) in [6.45, 7) is 3.80. The first-order chi connectivity index (χ1) is 8.43. The number of halogens is 1. The Balaban J connectivity index is 2.55. The van der Waals surface area contributed by atoms with Crippen molar-refractivity contribution in [2.45, 2.75) is 24.7 Å². The Morgan fingerprint density at radius 1 is 1.22 bits per heavy atom. The van der Waals surface area contributed by atoms with Crippen molar-refractivity contribution in [3.8, 4) is 0 Å². The Morgan fingerprint density at radius 2 is 1.83 bits per heavy atom. The van der Waals surface area contributed by atoms with Crippen molar-refractivity contribution in [1.82, 2.24) is 8.96 Å². The van der Waals surface area contributed by atoms with Crippen molar-refractivity contribution in [2.24, 2.45) is 0 Å². The van der Waals surface area contributed by atoms with Gasteiger partial charge in [-0.15, -0.1) is 0 Å². The quantitative estimate of drug-likeness (QED) is 0.871. The van der Waals surface area contributed by atoms with Crippen molar-refractivity contribution in [2.75, 3.05) is 0 Å². The second-order valence-electron chi connectivity index (χ2n) is 4.19. The number of aromatic nitrogens is 2. The molecule has 0 unspecified atom stereocenters. The third kappa shape index (κ3) is 2.28. The molecular weight excluding hydrogens is 272 g/mol. The summed E-state index contributed by atoms with van der Waals surface area (Å²) < 4.78 is 26.0. The lowest BCUT2D eigenvalue weighted by Crippen LogP contribution is -2.16. The molecule has 0 fully saturated rings. The Hall–Kier alpha value is -1.33. The monoisotopic (exact) mass is 284 g/mol. The lowest BCUT2D eigenvalue weighted by atomic mass is 10.2. The zero-order chi connectivity index (χ0) is 13.3. The molecule has 2 rings (SSSR count). The van der Waals surface area contributed by atoms with E-state index in [9.17, 15) is 8.42 Å². The van der Waals surface area contributed by atoms with E-state index in [4.69, 9.17) is 11.6 Å². The molecule has 18 heavy (non-hydrogen) atoms. The Morgan fingerprint density at radius 3 is 2.39 bits per heavy atom. The van der Waals surface area contributed by atoms with Crippen LogP contribution in [-0.4, -0.2) is 17.4 Å². The van der Waals surface area contributed by atoms with Gasteiger partial charge in [0.25, 0.3) is 10.0 Å². The van der Waals surface area contributed by atoms with Crippen molar-refractivity contribution in [1.29, 1.82) is 0 Å². The van der Waals surface area contributed by atoms with Gasteiger partial charge in [-0.25, -0.2) is 17.4 Å². The minimum atomic E-state index is -3.59. The zero-order valence-electron chi connectivity index (χ0n) is 10.0. The number of hydrogen-bond acceptors (Lipinski definition) is 3. The van der Waals surface area contributed by atoms with E-state index in [1.54, 1.807) is 12.1 Å². The Bertz CT molecular complexity index is 645. The summed E-state index contributed by atoms with van der Waals surface area (Å²) in [6, 6.07) is 6.09. The van der Waals surface area contributed by atoms with Crippen LogP contribution in [0.1, 0.15) is 25.6 Å². The third-order valence-electron chi connectivity index (χ3n) is 2.52. The van der Waals surface area contributed by atoms with Crippen LogP contribution in [0, 0.1) is 0 Å². The molecule has 96 valence electrons. The first-order valence-electron chi connectivity index (χ1n) is 5.47. The fourth-order valence-corrected chi connectivity index (χ4v) is 3.18. The highest BCUT2D eigenvalue weighted by atomic mass is 35.5. The topological polar surface area (TPSA) is 52.0 Å². The molecule has 0 amide bonds. The van der Waals surface area contributed by atoms with Gasteiger partial charge in [0.15, 0.2) is 0 Å². The molecule has 6 heteroatoms. The predicted molar refractivity (Wildman–Crippen MR) is 70.4 cm³/mol. The maximum absolute atomic E-state index is 12.4. The predicted octanol–water partition coefficient (Wildman–Crippen LogP) is 2.90. The van der Waals surface area contributed by atoms with Crippen molar-refractivity contribution in [3.63, 3.8) is 0 Å². The number of nitrogens with zero attached hydrogens (tertiary/aromatic N) is 2. The second-order valence-corrected chi connectivity index (χ2v) is 6.45. The summed E-state index contributed by atoms with van der Waals surface area (Å²) >= 11 is 5.75. The van der Waals surface area contributed by atoms with Crippen LogP contribution in [0.3, 0.4) is 0 Å². The van der Waals surface area contributed by atoms with E-state index in [1.807, 2.05) is 13.8 Å². The van der Waals surface area contributed by atoms with Gasteiger partial charge >= 0.3 is 0 Å². The summed E-state index contributed by atoms with van der Waals surface area (Å²) in [5, 5.41) is 0.503. The normalized spacial score (nSPS) is 12.0. The van der Waals surface area contributed by atoms with Gasteiger partial charge in [-0.1, -0.05) is 25.4 Å². The molecule has 0 aliphatic carbocycles. The Kier molecular flexibility index (Phi) is 3.45. The average molecular weight is 285 g/mol. The van der Waals surface area contributed by atoms with Crippen LogP contribution in [0.5, 0.6) is 0 Å². The van der Waals surface area contributed by atoms with Gasteiger partial charge in [0, 0.05) is 23.3 Å². The molecule has 0 N–H and O–H groups in total. The highest BCUT2D eigenvalue weighted by molar-refractivity contribution is 7.90. The molecule has 0 saturated carbocycles. The van der Waals surface area contributed by atoms with E-state index in [1.165, 1.54) is 28.5 Å². The van der Waals surface area contributed by atoms with E-state index < -0.39 is 10.0 Å². The summed E-state index contributed by atoms with van der Waals surface area (Å²) in [5.41, 5.74) is 0. The van der Waals surface area contributed by atoms with Gasteiger partial charge in [-0.2, -0.15) is 0 Å². The minimum absolute atomic E-state index is 0.0297. The molecular formula is C12H13ClN2O2S. The Labute approximate surface area is 111 Å². The summed E-state index contributed by atoms with van der Waals surface area (Å²) in [4.78, 5) is 4.28. The summed E-state index contributed by atoms with van der Waals surface area (Å²) in [7, 11) is -3.59. The van der Waals surface area contributed by atoms with Gasteiger partial charge in [-0.05, 0) is 24.3 Å². The van der Waals surface area contributed by atoms with E-state index in [2.05, 4.69) is 4.98 Å². The van der Waals surface area contributed by atoms with Gasteiger partial charge in [0.05, 0.1) is 4.90 Å². The van der Waals surface area contributed by atoms with E-state index in [-0.39, 0.29) is 10.8 Å². The first-order valence-corrected chi connectivity index (χ1v) is 7.29. The van der Waals surface area contributed by atoms with Crippen molar-refractivity contribution in [3.05, 3.63) is 47.5 Å². The molecule has 1 aromatic heterocycles.